The quantitative estimate of drug-likeness (QED) is 0.740. The molecule has 0 N–H and O–H groups in total. The van der Waals surface area contributed by atoms with E-state index in [1.807, 2.05) is 6.07 Å². The van der Waals surface area contributed by atoms with Crippen molar-refractivity contribution in [2.45, 2.75) is 45.5 Å². The van der Waals surface area contributed by atoms with E-state index in [0.717, 1.165) is 22.0 Å². The molecule has 0 aliphatic rings. The Morgan fingerprint density at radius 2 is 1.95 bits per heavy atom. The second-order valence-electron chi connectivity index (χ2n) is 6.81. The molecule has 0 aliphatic carbocycles. The third-order valence-electron chi connectivity index (χ3n) is 4.13. The van der Waals surface area contributed by atoms with Crippen LogP contribution in [0.2, 0.25) is 18.1 Å². The number of ether oxygens (including phenoxy) is 1. The van der Waals surface area contributed by atoms with Crippen molar-refractivity contribution in [2.24, 2.45) is 0 Å². The molecule has 4 nitrogen and oxygen atoms in total. The van der Waals surface area contributed by atoms with Gasteiger partial charge < -0.3 is 9.16 Å². The van der Waals surface area contributed by atoms with E-state index in [0.29, 0.717) is 6.61 Å². The van der Waals surface area contributed by atoms with Crippen molar-refractivity contribution in [2.75, 3.05) is 7.11 Å². The molecule has 0 saturated heterocycles. The van der Waals surface area contributed by atoms with Gasteiger partial charge >= 0.3 is 0 Å². The average Bonchev–Trinajstić information content (AvgIpc) is 2.93. The average molecular weight is 337 g/mol. The number of methoxy groups -OCH3 is 1. The van der Waals surface area contributed by atoms with Crippen LogP contribution in [-0.2, 0) is 11.0 Å². The standard InChI is InChI=1S/C16H24N2O2SSi/c1-16(2,3)22(5,6)20-10-13-11-21-15(18-13)12-7-14(19-4)9-17-8-12/h7-9,11H,10H2,1-6H3. The van der Waals surface area contributed by atoms with Gasteiger partial charge in [0.15, 0.2) is 8.32 Å². The Balaban J connectivity index is 2.09. The van der Waals surface area contributed by atoms with Gasteiger partial charge in [0, 0.05) is 17.1 Å². The highest BCUT2D eigenvalue weighted by atomic mass is 32.1. The molecule has 0 aromatic carbocycles. The first-order valence-corrected chi connectivity index (χ1v) is 11.1. The summed E-state index contributed by atoms with van der Waals surface area (Å²) >= 11 is 1.61. The monoisotopic (exact) mass is 336 g/mol. The lowest BCUT2D eigenvalue weighted by Crippen LogP contribution is -2.40. The van der Waals surface area contributed by atoms with E-state index in [1.165, 1.54) is 0 Å². The molecule has 0 fully saturated rings. The van der Waals surface area contributed by atoms with E-state index in [2.05, 4.69) is 49.2 Å². The van der Waals surface area contributed by atoms with Crippen molar-refractivity contribution in [3.63, 3.8) is 0 Å². The van der Waals surface area contributed by atoms with Gasteiger partial charge in [-0.2, -0.15) is 0 Å². The van der Waals surface area contributed by atoms with Crippen molar-refractivity contribution in [3.8, 4) is 16.3 Å². The summed E-state index contributed by atoms with van der Waals surface area (Å²) in [5.74, 6) is 0.742. The summed E-state index contributed by atoms with van der Waals surface area (Å²) in [7, 11) is -0.100. The van der Waals surface area contributed by atoms with Crippen LogP contribution in [-0.4, -0.2) is 25.4 Å². The van der Waals surface area contributed by atoms with Crippen LogP contribution in [0.4, 0.5) is 0 Å². The molecule has 0 saturated carbocycles. The first kappa shape index (κ1) is 17.1. The molecular formula is C16H24N2O2SSi. The fraction of sp³-hybridized carbons (Fsp3) is 0.500. The predicted molar refractivity (Wildman–Crippen MR) is 93.9 cm³/mol. The maximum Gasteiger partial charge on any atom is 0.192 e. The Hall–Kier alpha value is -1.24. The smallest absolute Gasteiger partial charge is 0.192 e. The second kappa shape index (κ2) is 6.48. The minimum absolute atomic E-state index is 0.211. The molecule has 22 heavy (non-hydrogen) atoms. The molecule has 0 aliphatic heterocycles. The van der Waals surface area contributed by atoms with Gasteiger partial charge in [0.05, 0.1) is 25.6 Å². The van der Waals surface area contributed by atoms with Crippen LogP contribution in [0.5, 0.6) is 5.75 Å². The minimum atomic E-state index is -1.74. The number of aromatic nitrogens is 2. The predicted octanol–water partition coefficient (Wildman–Crippen LogP) is 4.74. The molecule has 2 rings (SSSR count). The Bertz CT molecular complexity index is 635. The zero-order valence-corrected chi connectivity index (χ0v) is 16.0. The number of thiazole rings is 1. The fourth-order valence-corrected chi connectivity index (χ4v) is 3.35. The zero-order valence-electron chi connectivity index (χ0n) is 14.1. The van der Waals surface area contributed by atoms with Gasteiger partial charge in [-0.05, 0) is 24.2 Å². The molecule has 0 atom stereocenters. The molecule has 0 bridgehead atoms. The van der Waals surface area contributed by atoms with Crippen molar-refractivity contribution >= 4 is 19.7 Å². The maximum absolute atomic E-state index is 6.22. The van der Waals surface area contributed by atoms with Crippen molar-refractivity contribution in [3.05, 3.63) is 29.5 Å². The summed E-state index contributed by atoms with van der Waals surface area (Å²) < 4.78 is 11.4. The number of hydrogen-bond acceptors (Lipinski definition) is 5. The second-order valence-corrected chi connectivity index (χ2v) is 12.5. The number of hydrogen-bond donors (Lipinski definition) is 0. The number of rotatable bonds is 5. The summed E-state index contributed by atoms with van der Waals surface area (Å²) in [6, 6.07) is 1.95. The van der Waals surface area contributed by atoms with Crippen molar-refractivity contribution < 1.29 is 9.16 Å². The first-order valence-electron chi connectivity index (χ1n) is 7.31. The van der Waals surface area contributed by atoms with E-state index in [1.54, 1.807) is 30.8 Å². The van der Waals surface area contributed by atoms with E-state index in [-0.39, 0.29) is 5.04 Å². The van der Waals surface area contributed by atoms with Gasteiger partial charge in [0.25, 0.3) is 0 Å². The highest BCUT2D eigenvalue weighted by Gasteiger charge is 2.37. The molecule has 2 heterocycles. The highest BCUT2D eigenvalue weighted by Crippen LogP contribution is 2.37. The summed E-state index contributed by atoms with van der Waals surface area (Å²) in [6.07, 6.45) is 3.50. The van der Waals surface area contributed by atoms with Crippen LogP contribution in [0.25, 0.3) is 10.6 Å². The van der Waals surface area contributed by atoms with Crippen molar-refractivity contribution in [1.82, 2.24) is 9.97 Å². The summed E-state index contributed by atoms with van der Waals surface area (Å²) in [5, 5.41) is 3.21. The Morgan fingerprint density at radius 1 is 1.23 bits per heavy atom. The molecule has 2 aromatic heterocycles. The zero-order chi connectivity index (χ0) is 16.4. The van der Waals surface area contributed by atoms with Crippen LogP contribution >= 0.6 is 11.3 Å². The van der Waals surface area contributed by atoms with Gasteiger partial charge in [0.1, 0.15) is 10.8 Å². The largest absolute Gasteiger partial charge is 0.495 e. The maximum atomic E-state index is 6.22. The van der Waals surface area contributed by atoms with Crippen LogP contribution in [0.15, 0.2) is 23.8 Å². The van der Waals surface area contributed by atoms with E-state index in [4.69, 9.17) is 9.16 Å². The number of pyridine rings is 1. The van der Waals surface area contributed by atoms with Gasteiger partial charge in [-0.1, -0.05) is 20.8 Å². The molecular weight excluding hydrogens is 312 g/mol. The SMILES string of the molecule is COc1cncc(-c2nc(CO[Si](C)(C)C(C)(C)C)cs2)c1. The van der Waals surface area contributed by atoms with Crippen LogP contribution < -0.4 is 4.74 Å². The lowest BCUT2D eigenvalue weighted by molar-refractivity contribution is 0.273. The summed E-state index contributed by atoms with van der Waals surface area (Å²) in [5.41, 5.74) is 1.95. The summed E-state index contributed by atoms with van der Waals surface area (Å²) in [4.78, 5) is 8.84. The fourth-order valence-electron chi connectivity index (χ4n) is 1.62. The molecule has 6 heteroatoms. The Kier molecular flexibility index (Phi) is 5.04. The molecule has 0 amide bonds. The third-order valence-corrected chi connectivity index (χ3v) is 9.55. The number of nitrogens with zero attached hydrogens (tertiary/aromatic N) is 2. The van der Waals surface area contributed by atoms with Crippen LogP contribution in [0, 0.1) is 0 Å². The lowest BCUT2D eigenvalue weighted by atomic mass is 10.2. The first-order chi connectivity index (χ1) is 10.2. The van der Waals surface area contributed by atoms with E-state index >= 15 is 0 Å². The minimum Gasteiger partial charge on any atom is -0.495 e. The highest BCUT2D eigenvalue weighted by molar-refractivity contribution is 7.13. The van der Waals surface area contributed by atoms with Gasteiger partial charge in [-0.3, -0.25) is 4.98 Å². The van der Waals surface area contributed by atoms with E-state index in [9.17, 15) is 0 Å². The van der Waals surface area contributed by atoms with Gasteiger partial charge in [-0.25, -0.2) is 4.98 Å². The summed E-state index contributed by atoms with van der Waals surface area (Å²) in [6.45, 7) is 11.8. The molecule has 120 valence electrons. The van der Waals surface area contributed by atoms with E-state index < -0.39 is 8.32 Å². The molecule has 2 aromatic rings. The normalized spacial score (nSPS) is 12.5. The molecule has 0 radical (unpaired) electrons. The topological polar surface area (TPSA) is 44.2 Å². The van der Waals surface area contributed by atoms with Crippen molar-refractivity contribution in [1.29, 1.82) is 0 Å². The Morgan fingerprint density at radius 3 is 2.59 bits per heavy atom. The third kappa shape index (κ3) is 3.94. The van der Waals surface area contributed by atoms with Crippen LogP contribution in [0.3, 0.4) is 0 Å². The molecule has 0 spiro atoms. The molecule has 0 unspecified atom stereocenters. The Labute approximate surface area is 137 Å². The van der Waals surface area contributed by atoms with Crippen LogP contribution in [0.1, 0.15) is 26.5 Å². The van der Waals surface area contributed by atoms with Gasteiger partial charge in [-0.15, -0.1) is 11.3 Å². The lowest BCUT2D eigenvalue weighted by Gasteiger charge is -2.35. The van der Waals surface area contributed by atoms with Gasteiger partial charge in [0.2, 0.25) is 0 Å².